The van der Waals surface area contributed by atoms with Crippen LogP contribution < -0.4 is 5.73 Å². The fourth-order valence-electron chi connectivity index (χ4n) is 2.34. The Bertz CT molecular complexity index is 389. The second kappa shape index (κ2) is 5.27. The molecule has 1 saturated heterocycles. The van der Waals surface area contributed by atoms with Crippen LogP contribution in [0.4, 0.5) is 0 Å². The second-order valence-corrected chi connectivity index (χ2v) is 4.50. The molecule has 94 valence electrons. The van der Waals surface area contributed by atoms with E-state index in [0.29, 0.717) is 13.1 Å². The van der Waals surface area contributed by atoms with Crippen molar-refractivity contribution < 1.29 is 4.79 Å². The molecule has 1 amide bonds. The summed E-state index contributed by atoms with van der Waals surface area (Å²) in [4.78, 5) is 13.5. The molecule has 2 N–H and O–H groups in total. The van der Waals surface area contributed by atoms with E-state index in [1.165, 1.54) is 6.42 Å². The first-order valence-electron chi connectivity index (χ1n) is 6.07. The summed E-state index contributed by atoms with van der Waals surface area (Å²) >= 11 is 0. The lowest BCUT2D eigenvalue weighted by atomic mass is 10.0. The Hall–Kier alpha value is -1.43. The fraction of sp³-hybridized carbons (Fsp3) is 0.727. The van der Waals surface area contributed by atoms with Crippen molar-refractivity contribution in [2.45, 2.75) is 45.3 Å². The zero-order valence-electron chi connectivity index (χ0n) is 10.2. The van der Waals surface area contributed by atoms with Gasteiger partial charge in [0.25, 0.3) is 0 Å². The van der Waals surface area contributed by atoms with Crippen molar-refractivity contribution in [3.63, 3.8) is 0 Å². The third-order valence-corrected chi connectivity index (χ3v) is 3.22. The summed E-state index contributed by atoms with van der Waals surface area (Å²) < 4.78 is 1.79. The predicted molar refractivity (Wildman–Crippen MR) is 62.9 cm³/mol. The molecule has 1 aliphatic heterocycles. The summed E-state index contributed by atoms with van der Waals surface area (Å²) in [5.41, 5.74) is 6.28. The van der Waals surface area contributed by atoms with E-state index in [1.54, 1.807) is 11.6 Å². The molecule has 1 aliphatic rings. The minimum atomic E-state index is 0.147. The minimum absolute atomic E-state index is 0.147. The summed E-state index contributed by atoms with van der Waals surface area (Å²) in [5.74, 6) is 0.147. The van der Waals surface area contributed by atoms with Gasteiger partial charge in [-0.3, -0.25) is 9.48 Å². The molecule has 17 heavy (non-hydrogen) atoms. The first kappa shape index (κ1) is 12.0. The number of aromatic nitrogens is 3. The molecule has 1 aromatic rings. The molecular weight excluding hydrogens is 218 g/mol. The van der Waals surface area contributed by atoms with E-state index in [9.17, 15) is 4.79 Å². The van der Waals surface area contributed by atoms with Crippen molar-refractivity contribution in [2.75, 3.05) is 6.54 Å². The monoisotopic (exact) mass is 237 g/mol. The highest BCUT2D eigenvalue weighted by Crippen LogP contribution is 2.18. The molecule has 0 spiro atoms. The zero-order valence-corrected chi connectivity index (χ0v) is 10.2. The Labute approximate surface area is 101 Å². The standard InChI is InChI=1S/C11H19N5O/c1-9(17)16-5-3-2-4-11(16)8-15-7-10(6-12)13-14-15/h7,11H,2-6,8,12H2,1H3/t11-/m1/s1. The van der Waals surface area contributed by atoms with Gasteiger partial charge in [0.1, 0.15) is 0 Å². The van der Waals surface area contributed by atoms with E-state index in [-0.39, 0.29) is 11.9 Å². The van der Waals surface area contributed by atoms with Gasteiger partial charge in [-0.05, 0) is 19.3 Å². The van der Waals surface area contributed by atoms with Crippen molar-refractivity contribution in [2.24, 2.45) is 5.73 Å². The summed E-state index contributed by atoms with van der Waals surface area (Å²) in [6.45, 7) is 3.61. The molecule has 1 fully saturated rings. The van der Waals surface area contributed by atoms with Crippen LogP contribution in [0.15, 0.2) is 6.20 Å². The largest absolute Gasteiger partial charge is 0.338 e. The van der Waals surface area contributed by atoms with Gasteiger partial charge in [-0.1, -0.05) is 5.21 Å². The Morgan fingerprint density at radius 3 is 3.06 bits per heavy atom. The quantitative estimate of drug-likeness (QED) is 0.811. The van der Waals surface area contributed by atoms with E-state index in [0.717, 1.165) is 25.1 Å². The van der Waals surface area contributed by atoms with Crippen molar-refractivity contribution in [1.82, 2.24) is 19.9 Å². The number of rotatable bonds is 3. The van der Waals surface area contributed by atoms with Crippen LogP contribution in [0.3, 0.4) is 0 Å². The lowest BCUT2D eigenvalue weighted by Crippen LogP contribution is -2.44. The van der Waals surface area contributed by atoms with Crippen LogP contribution in [0.1, 0.15) is 31.9 Å². The first-order valence-corrected chi connectivity index (χ1v) is 6.07. The molecule has 1 atom stereocenters. The predicted octanol–water partition coefficient (Wildman–Crippen LogP) is 0.138. The molecule has 1 aromatic heterocycles. The Morgan fingerprint density at radius 2 is 2.41 bits per heavy atom. The smallest absolute Gasteiger partial charge is 0.219 e. The zero-order chi connectivity index (χ0) is 12.3. The van der Waals surface area contributed by atoms with Crippen LogP contribution in [-0.4, -0.2) is 38.4 Å². The van der Waals surface area contributed by atoms with Crippen LogP contribution in [0.25, 0.3) is 0 Å². The maximum absolute atomic E-state index is 11.5. The van der Waals surface area contributed by atoms with Crippen molar-refractivity contribution in [1.29, 1.82) is 0 Å². The Kier molecular flexibility index (Phi) is 3.73. The van der Waals surface area contributed by atoms with Gasteiger partial charge in [-0.2, -0.15) is 0 Å². The highest BCUT2D eigenvalue weighted by Gasteiger charge is 2.24. The molecular formula is C11H19N5O. The third-order valence-electron chi connectivity index (χ3n) is 3.22. The fourth-order valence-corrected chi connectivity index (χ4v) is 2.34. The van der Waals surface area contributed by atoms with Crippen molar-refractivity contribution in [3.05, 3.63) is 11.9 Å². The van der Waals surface area contributed by atoms with Gasteiger partial charge in [0.05, 0.1) is 18.3 Å². The second-order valence-electron chi connectivity index (χ2n) is 4.50. The topological polar surface area (TPSA) is 77.0 Å². The number of hydrogen-bond acceptors (Lipinski definition) is 4. The van der Waals surface area contributed by atoms with Crippen molar-refractivity contribution >= 4 is 5.91 Å². The van der Waals surface area contributed by atoms with Gasteiger partial charge in [0, 0.05) is 26.2 Å². The SMILES string of the molecule is CC(=O)N1CCCC[C@@H]1Cn1cc(CN)nn1. The molecule has 6 heteroatoms. The maximum atomic E-state index is 11.5. The molecule has 2 heterocycles. The number of likely N-dealkylation sites (tertiary alicyclic amines) is 1. The molecule has 0 bridgehead atoms. The van der Waals surface area contributed by atoms with Gasteiger partial charge in [-0.15, -0.1) is 5.10 Å². The Balaban J connectivity index is 2.02. The van der Waals surface area contributed by atoms with E-state index in [2.05, 4.69) is 10.3 Å². The Morgan fingerprint density at radius 1 is 1.59 bits per heavy atom. The number of piperidine rings is 1. The molecule has 0 aliphatic carbocycles. The lowest BCUT2D eigenvalue weighted by molar-refractivity contribution is -0.132. The van der Waals surface area contributed by atoms with Gasteiger partial charge in [0.2, 0.25) is 5.91 Å². The first-order chi connectivity index (χ1) is 8.20. The van der Waals surface area contributed by atoms with Gasteiger partial charge < -0.3 is 10.6 Å². The average Bonchev–Trinajstić information content (AvgIpc) is 2.77. The summed E-state index contributed by atoms with van der Waals surface area (Å²) in [5, 5.41) is 7.98. The number of amides is 1. The van der Waals surface area contributed by atoms with Gasteiger partial charge in [-0.25, -0.2) is 0 Å². The molecule has 0 radical (unpaired) electrons. The number of carbonyl (C=O) groups excluding carboxylic acids is 1. The van der Waals surface area contributed by atoms with Crippen LogP contribution in [0.2, 0.25) is 0 Å². The minimum Gasteiger partial charge on any atom is -0.338 e. The molecule has 0 saturated carbocycles. The average molecular weight is 237 g/mol. The number of hydrogen-bond donors (Lipinski definition) is 1. The van der Waals surface area contributed by atoms with Crippen LogP contribution in [0.5, 0.6) is 0 Å². The number of carbonyl (C=O) groups is 1. The maximum Gasteiger partial charge on any atom is 0.219 e. The van der Waals surface area contributed by atoms with Gasteiger partial charge >= 0.3 is 0 Å². The van der Waals surface area contributed by atoms with E-state index < -0.39 is 0 Å². The lowest BCUT2D eigenvalue weighted by Gasteiger charge is -2.34. The van der Waals surface area contributed by atoms with Crippen LogP contribution in [-0.2, 0) is 17.9 Å². The summed E-state index contributed by atoms with van der Waals surface area (Å²) in [6, 6.07) is 0.244. The van der Waals surface area contributed by atoms with Crippen LogP contribution in [0, 0.1) is 0 Å². The number of nitrogens with zero attached hydrogens (tertiary/aromatic N) is 4. The number of nitrogens with two attached hydrogens (primary N) is 1. The molecule has 2 rings (SSSR count). The van der Waals surface area contributed by atoms with Crippen LogP contribution >= 0.6 is 0 Å². The van der Waals surface area contributed by atoms with E-state index in [4.69, 9.17) is 5.73 Å². The van der Waals surface area contributed by atoms with E-state index >= 15 is 0 Å². The molecule has 0 aromatic carbocycles. The summed E-state index contributed by atoms with van der Waals surface area (Å²) in [7, 11) is 0. The molecule has 0 unspecified atom stereocenters. The summed E-state index contributed by atoms with van der Waals surface area (Å²) in [6.07, 6.45) is 5.17. The van der Waals surface area contributed by atoms with Crippen molar-refractivity contribution in [3.8, 4) is 0 Å². The molecule has 6 nitrogen and oxygen atoms in total. The normalized spacial score (nSPS) is 20.6. The highest BCUT2D eigenvalue weighted by atomic mass is 16.2. The highest BCUT2D eigenvalue weighted by molar-refractivity contribution is 5.73. The van der Waals surface area contributed by atoms with E-state index in [1.807, 2.05) is 11.1 Å². The third kappa shape index (κ3) is 2.82. The van der Waals surface area contributed by atoms with Gasteiger partial charge in [0.15, 0.2) is 0 Å².